The lowest BCUT2D eigenvalue weighted by Crippen LogP contribution is -2.24. The maximum atomic E-state index is 11.9. The lowest BCUT2D eigenvalue weighted by atomic mass is 10.0. The van der Waals surface area contributed by atoms with Crippen LogP contribution in [0.15, 0.2) is 18.2 Å². The second-order valence-electron chi connectivity index (χ2n) is 5.46. The van der Waals surface area contributed by atoms with Crippen LogP contribution in [0.5, 0.6) is 0 Å². The highest BCUT2D eigenvalue weighted by Crippen LogP contribution is 2.27. The minimum atomic E-state index is -0.790. The number of aliphatic hydroxyl groups is 1. The molecular formula is C14H19NO5. The zero-order chi connectivity index (χ0) is 15.5. The van der Waals surface area contributed by atoms with E-state index in [9.17, 15) is 20.0 Å². The van der Waals surface area contributed by atoms with E-state index >= 15 is 0 Å². The first-order valence-electron chi connectivity index (χ1n) is 6.35. The van der Waals surface area contributed by atoms with Crippen molar-refractivity contribution >= 4 is 11.7 Å². The lowest BCUT2D eigenvalue weighted by Gasteiger charge is -2.19. The number of ether oxygens (including phenoxy) is 1. The maximum Gasteiger partial charge on any atom is 0.345 e. The zero-order valence-electron chi connectivity index (χ0n) is 12.0. The van der Waals surface area contributed by atoms with Crippen molar-refractivity contribution in [1.29, 1.82) is 0 Å². The van der Waals surface area contributed by atoms with Crippen LogP contribution in [0, 0.1) is 10.1 Å². The first kappa shape index (κ1) is 16.1. The van der Waals surface area contributed by atoms with E-state index in [1.54, 1.807) is 27.7 Å². The van der Waals surface area contributed by atoms with Crippen molar-refractivity contribution in [3.05, 3.63) is 39.4 Å². The Labute approximate surface area is 117 Å². The largest absolute Gasteiger partial charge is 0.456 e. The number of benzene rings is 1. The molecule has 6 nitrogen and oxygen atoms in total. The standard InChI is InChI=1S/C14H19NO5/c1-5-12(16)9-6-7-10(11(8-9)15(18)19)13(17)20-14(2,3)4/h6-8,12,16H,5H2,1-4H3/t12-/m0/s1. The fourth-order valence-electron chi connectivity index (χ4n) is 1.65. The number of hydrogen-bond donors (Lipinski definition) is 1. The van der Waals surface area contributed by atoms with E-state index in [-0.39, 0.29) is 11.3 Å². The van der Waals surface area contributed by atoms with Crippen molar-refractivity contribution in [2.45, 2.75) is 45.8 Å². The number of aliphatic hydroxyl groups excluding tert-OH is 1. The van der Waals surface area contributed by atoms with Gasteiger partial charge in [-0.15, -0.1) is 0 Å². The van der Waals surface area contributed by atoms with Gasteiger partial charge in [-0.3, -0.25) is 10.1 Å². The highest BCUT2D eigenvalue weighted by molar-refractivity contribution is 5.94. The Balaban J connectivity index is 3.20. The first-order valence-corrected chi connectivity index (χ1v) is 6.35. The number of carbonyl (C=O) groups is 1. The Kier molecular flexibility index (Phi) is 4.83. The fraction of sp³-hybridized carbons (Fsp3) is 0.500. The predicted octanol–water partition coefficient (Wildman–Crippen LogP) is 2.99. The van der Waals surface area contributed by atoms with Gasteiger partial charge in [0.25, 0.3) is 5.69 Å². The molecule has 0 bridgehead atoms. The molecule has 0 aromatic heterocycles. The molecule has 6 heteroatoms. The number of nitro benzene ring substituents is 1. The van der Waals surface area contributed by atoms with Crippen LogP contribution in [0.2, 0.25) is 0 Å². The highest BCUT2D eigenvalue weighted by Gasteiger charge is 2.26. The van der Waals surface area contributed by atoms with Gasteiger partial charge in [-0.05, 0) is 38.8 Å². The molecule has 1 N–H and O–H groups in total. The van der Waals surface area contributed by atoms with Gasteiger partial charge in [-0.25, -0.2) is 4.79 Å². The van der Waals surface area contributed by atoms with Crippen LogP contribution in [0.1, 0.15) is 56.1 Å². The minimum Gasteiger partial charge on any atom is -0.456 e. The van der Waals surface area contributed by atoms with Crippen molar-refractivity contribution in [2.75, 3.05) is 0 Å². The van der Waals surface area contributed by atoms with Crippen LogP contribution in [0.25, 0.3) is 0 Å². The maximum absolute atomic E-state index is 11.9. The average molecular weight is 281 g/mol. The number of hydrogen-bond acceptors (Lipinski definition) is 5. The van der Waals surface area contributed by atoms with Crippen molar-refractivity contribution in [1.82, 2.24) is 0 Å². The normalized spacial score (nSPS) is 12.8. The van der Waals surface area contributed by atoms with E-state index in [2.05, 4.69) is 0 Å². The molecule has 1 aromatic carbocycles. The van der Waals surface area contributed by atoms with Gasteiger partial charge in [0.1, 0.15) is 11.2 Å². The van der Waals surface area contributed by atoms with Crippen molar-refractivity contribution in [3.63, 3.8) is 0 Å². The average Bonchev–Trinajstić information content (AvgIpc) is 2.34. The fourth-order valence-corrected chi connectivity index (χ4v) is 1.65. The van der Waals surface area contributed by atoms with E-state index < -0.39 is 22.6 Å². The third-order valence-electron chi connectivity index (χ3n) is 2.61. The molecule has 0 aliphatic heterocycles. The molecule has 0 saturated heterocycles. The highest BCUT2D eigenvalue weighted by atomic mass is 16.6. The number of carbonyl (C=O) groups excluding carboxylic acids is 1. The molecule has 0 aliphatic rings. The van der Waals surface area contributed by atoms with Crippen LogP contribution in [0.3, 0.4) is 0 Å². The van der Waals surface area contributed by atoms with Gasteiger partial charge in [0.15, 0.2) is 0 Å². The molecule has 1 rings (SSSR count). The van der Waals surface area contributed by atoms with Gasteiger partial charge in [0.2, 0.25) is 0 Å². The topological polar surface area (TPSA) is 89.7 Å². The smallest absolute Gasteiger partial charge is 0.345 e. The first-order chi connectivity index (χ1) is 9.15. The molecule has 0 heterocycles. The summed E-state index contributed by atoms with van der Waals surface area (Å²) in [7, 11) is 0. The SMILES string of the molecule is CC[C@H](O)c1ccc(C(=O)OC(C)(C)C)c([N+](=O)[O-])c1. The second kappa shape index (κ2) is 6.00. The lowest BCUT2D eigenvalue weighted by molar-refractivity contribution is -0.385. The molecule has 0 saturated carbocycles. The summed E-state index contributed by atoms with van der Waals surface area (Å²) in [5.74, 6) is -0.748. The van der Waals surface area contributed by atoms with Gasteiger partial charge in [-0.2, -0.15) is 0 Å². The van der Waals surface area contributed by atoms with Crippen LogP contribution in [0.4, 0.5) is 5.69 Å². The number of rotatable bonds is 4. The molecule has 110 valence electrons. The second-order valence-corrected chi connectivity index (χ2v) is 5.46. The van der Waals surface area contributed by atoms with Gasteiger partial charge < -0.3 is 9.84 Å². The summed E-state index contributed by atoms with van der Waals surface area (Å²) < 4.78 is 5.14. The van der Waals surface area contributed by atoms with E-state index in [1.807, 2.05) is 0 Å². The summed E-state index contributed by atoms with van der Waals surface area (Å²) in [6.07, 6.45) is -0.357. The summed E-state index contributed by atoms with van der Waals surface area (Å²) in [6, 6.07) is 4.04. The van der Waals surface area contributed by atoms with Crippen molar-refractivity contribution in [2.24, 2.45) is 0 Å². The quantitative estimate of drug-likeness (QED) is 0.520. The predicted molar refractivity (Wildman–Crippen MR) is 73.5 cm³/mol. The molecule has 1 atom stereocenters. The van der Waals surface area contributed by atoms with Crippen LogP contribution in [-0.2, 0) is 4.74 Å². The molecule has 0 fully saturated rings. The Morgan fingerprint density at radius 3 is 2.50 bits per heavy atom. The summed E-state index contributed by atoms with van der Waals surface area (Å²) in [5, 5.41) is 20.8. The van der Waals surface area contributed by atoms with E-state index in [1.165, 1.54) is 18.2 Å². The molecular weight excluding hydrogens is 262 g/mol. The Morgan fingerprint density at radius 2 is 2.05 bits per heavy atom. The zero-order valence-corrected chi connectivity index (χ0v) is 12.0. The molecule has 1 aromatic rings. The monoisotopic (exact) mass is 281 g/mol. The van der Waals surface area contributed by atoms with Gasteiger partial charge >= 0.3 is 5.97 Å². The molecule has 0 unspecified atom stereocenters. The van der Waals surface area contributed by atoms with Gasteiger partial charge in [0, 0.05) is 6.07 Å². The van der Waals surface area contributed by atoms with Gasteiger partial charge in [0.05, 0.1) is 11.0 Å². The van der Waals surface area contributed by atoms with Crippen LogP contribution >= 0.6 is 0 Å². The molecule has 0 aliphatic carbocycles. The van der Waals surface area contributed by atoms with Crippen molar-refractivity contribution < 1.29 is 19.6 Å². The molecule has 20 heavy (non-hydrogen) atoms. The summed E-state index contributed by atoms with van der Waals surface area (Å²) in [4.78, 5) is 22.4. The molecule has 0 spiro atoms. The molecule has 0 radical (unpaired) electrons. The number of nitro groups is 1. The third-order valence-corrected chi connectivity index (χ3v) is 2.61. The summed E-state index contributed by atoms with van der Waals surface area (Å²) >= 11 is 0. The molecule has 0 amide bonds. The number of nitrogens with zero attached hydrogens (tertiary/aromatic N) is 1. The van der Waals surface area contributed by atoms with Crippen LogP contribution < -0.4 is 0 Å². The van der Waals surface area contributed by atoms with E-state index in [4.69, 9.17) is 4.74 Å². The van der Waals surface area contributed by atoms with E-state index in [0.29, 0.717) is 12.0 Å². The van der Waals surface area contributed by atoms with Crippen molar-refractivity contribution in [3.8, 4) is 0 Å². The summed E-state index contributed by atoms with van der Waals surface area (Å²) in [6.45, 7) is 6.82. The Hall–Kier alpha value is -1.95. The summed E-state index contributed by atoms with van der Waals surface area (Å²) in [5.41, 5.74) is -0.792. The van der Waals surface area contributed by atoms with Crippen LogP contribution in [-0.4, -0.2) is 21.6 Å². The van der Waals surface area contributed by atoms with Gasteiger partial charge in [-0.1, -0.05) is 13.0 Å². The minimum absolute atomic E-state index is 0.114. The number of esters is 1. The third kappa shape index (κ3) is 4.03. The Bertz CT molecular complexity index is 519. The Morgan fingerprint density at radius 1 is 1.45 bits per heavy atom. The van der Waals surface area contributed by atoms with E-state index in [0.717, 1.165) is 0 Å².